The highest BCUT2D eigenvalue weighted by Gasteiger charge is 2.48. The van der Waals surface area contributed by atoms with Crippen LogP contribution in [0.15, 0.2) is 36.5 Å². The molecule has 2 aliphatic carbocycles. The Balaban J connectivity index is 0.696. The second-order valence-corrected chi connectivity index (χ2v) is 17.9. The SMILES string of the molecule is N#Cc1ccc(O[C@H]2CC[C@H](NC(=O)c3cnn([C@H]4CC[C@H](CN5CCC6(CC5)CN(c5cc7c(cc5F)C(=O)N(C5CCC(=O)NC5=O)C7=O)C6)CC4)n3)CC2)cc1Cl. The molecular formula is C43H47ClFN9O6. The molecule has 0 bridgehead atoms. The van der Waals surface area contributed by atoms with Gasteiger partial charge in [-0.1, -0.05) is 11.6 Å². The number of ether oxygens (including phenoxy) is 1. The normalized spacial score (nSPS) is 26.6. The van der Waals surface area contributed by atoms with Crippen LogP contribution in [0.5, 0.6) is 5.75 Å². The smallest absolute Gasteiger partial charge is 0.273 e. The monoisotopic (exact) mass is 839 g/mol. The largest absolute Gasteiger partial charge is 0.490 e. The number of aromatic nitrogens is 3. The van der Waals surface area contributed by atoms with Gasteiger partial charge in [-0.3, -0.25) is 34.2 Å². The minimum Gasteiger partial charge on any atom is -0.490 e. The lowest BCUT2D eigenvalue weighted by Crippen LogP contribution is -2.61. The molecule has 3 saturated heterocycles. The van der Waals surface area contributed by atoms with Gasteiger partial charge in [-0.05, 0) is 114 Å². The summed E-state index contributed by atoms with van der Waals surface area (Å²) in [6, 6.07) is 8.79. The number of hydrogen-bond donors (Lipinski definition) is 2. The summed E-state index contributed by atoms with van der Waals surface area (Å²) >= 11 is 6.15. The van der Waals surface area contributed by atoms with Crippen molar-refractivity contribution in [2.45, 2.75) is 101 Å². The van der Waals surface area contributed by atoms with E-state index >= 15 is 4.39 Å². The van der Waals surface area contributed by atoms with Gasteiger partial charge in [0.2, 0.25) is 11.8 Å². The number of hydrogen-bond acceptors (Lipinski definition) is 11. The molecule has 0 radical (unpaired) electrons. The molecule has 5 heterocycles. The minimum absolute atomic E-state index is 0.0166. The molecule has 15 nitrogen and oxygen atoms in total. The summed E-state index contributed by atoms with van der Waals surface area (Å²) in [4.78, 5) is 70.7. The maximum absolute atomic E-state index is 15.4. The van der Waals surface area contributed by atoms with Gasteiger partial charge in [-0.15, -0.1) is 5.10 Å². The van der Waals surface area contributed by atoms with E-state index in [1.807, 2.05) is 4.90 Å². The molecule has 17 heteroatoms. The van der Waals surface area contributed by atoms with Gasteiger partial charge in [0.25, 0.3) is 17.7 Å². The molecule has 9 rings (SSSR count). The average Bonchev–Trinajstić information content (AvgIpc) is 3.81. The molecule has 5 fully saturated rings. The van der Waals surface area contributed by atoms with Gasteiger partial charge in [0.1, 0.15) is 23.7 Å². The Morgan fingerprint density at radius 3 is 2.37 bits per heavy atom. The first kappa shape index (κ1) is 40.0. The summed E-state index contributed by atoms with van der Waals surface area (Å²) < 4.78 is 21.5. The van der Waals surface area contributed by atoms with Crippen molar-refractivity contribution in [1.29, 1.82) is 5.26 Å². The van der Waals surface area contributed by atoms with E-state index in [1.54, 1.807) is 29.2 Å². The van der Waals surface area contributed by atoms with Crippen LogP contribution in [0, 0.1) is 28.5 Å². The average molecular weight is 840 g/mol. The third kappa shape index (κ3) is 7.85. The van der Waals surface area contributed by atoms with Gasteiger partial charge < -0.3 is 19.9 Å². The Morgan fingerprint density at radius 2 is 1.68 bits per heavy atom. The lowest BCUT2D eigenvalue weighted by Gasteiger charge is -2.55. The number of carbonyl (C=O) groups excluding carboxylic acids is 5. The number of anilines is 1. The summed E-state index contributed by atoms with van der Waals surface area (Å²) in [6.45, 7) is 4.30. The zero-order valence-corrected chi connectivity index (χ0v) is 34.0. The highest BCUT2D eigenvalue weighted by atomic mass is 35.5. The van der Waals surface area contributed by atoms with Crippen molar-refractivity contribution in [1.82, 2.24) is 35.4 Å². The quantitative estimate of drug-likeness (QED) is 0.283. The maximum atomic E-state index is 15.4. The van der Waals surface area contributed by atoms with Crippen molar-refractivity contribution in [2.24, 2.45) is 11.3 Å². The molecule has 4 aliphatic heterocycles. The number of imide groups is 2. The van der Waals surface area contributed by atoms with Crippen LogP contribution in [0.25, 0.3) is 0 Å². The molecule has 60 heavy (non-hydrogen) atoms. The lowest BCUT2D eigenvalue weighted by atomic mass is 9.71. The van der Waals surface area contributed by atoms with Gasteiger partial charge in [-0.2, -0.15) is 15.2 Å². The fourth-order valence-electron chi connectivity index (χ4n) is 10.1. The summed E-state index contributed by atoms with van der Waals surface area (Å²) in [5.41, 5.74) is 1.15. The van der Waals surface area contributed by atoms with Crippen molar-refractivity contribution in [3.63, 3.8) is 0 Å². The fourth-order valence-corrected chi connectivity index (χ4v) is 10.3. The Morgan fingerprint density at radius 1 is 0.967 bits per heavy atom. The van der Waals surface area contributed by atoms with Crippen molar-refractivity contribution >= 4 is 46.8 Å². The molecule has 5 amide bonds. The lowest BCUT2D eigenvalue weighted by molar-refractivity contribution is -0.136. The summed E-state index contributed by atoms with van der Waals surface area (Å²) in [6.07, 6.45) is 10.8. The predicted octanol–water partition coefficient (Wildman–Crippen LogP) is 4.80. The van der Waals surface area contributed by atoms with E-state index in [2.05, 4.69) is 31.8 Å². The van der Waals surface area contributed by atoms with Crippen molar-refractivity contribution < 1.29 is 33.1 Å². The van der Waals surface area contributed by atoms with E-state index in [4.69, 9.17) is 21.6 Å². The zero-order valence-electron chi connectivity index (χ0n) is 33.2. The standard InChI is InChI=1S/C43H47ClFN9O6/c44-33-17-30(8-3-26(33)20-46)60-29-9-4-27(5-10-29)48-39(56)35-21-47-54(50-35)28-6-1-25(2-7-28)22-51-15-13-43(14-16-51)23-52(24-43)37-19-32-31(18-34(37)45)41(58)53(42(32)59)36-11-12-38(55)49-40(36)57/h3,8,17-19,21,25,27-29,36H,1-2,4-7,9-16,22-24H2,(H,48,56)(H,49,55,57)/t25-,27-,28-,29-,36?. The molecule has 2 N–H and O–H groups in total. The maximum Gasteiger partial charge on any atom is 0.273 e. The van der Waals surface area contributed by atoms with Gasteiger partial charge in [0.15, 0.2) is 5.69 Å². The first-order valence-electron chi connectivity index (χ1n) is 21.1. The number of carbonyl (C=O) groups is 5. The molecule has 1 unspecified atom stereocenters. The van der Waals surface area contributed by atoms with E-state index in [1.165, 1.54) is 6.07 Å². The second-order valence-electron chi connectivity index (χ2n) is 17.5. The number of rotatable bonds is 9. The van der Waals surface area contributed by atoms with Crippen LogP contribution >= 0.6 is 11.6 Å². The third-order valence-electron chi connectivity index (χ3n) is 13.6. The van der Waals surface area contributed by atoms with E-state index in [0.29, 0.717) is 46.7 Å². The van der Waals surface area contributed by atoms with Crippen LogP contribution in [0.1, 0.15) is 120 Å². The van der Waals surface area contributed by atoms with Crippen LogP contribution in [0.3, 0.4) is 0 Å². The number of nitrogens with one attached hydrogen (secondary N) is 2. The highest BCUT2D eigenvalue weighted by Crippen LogP contribution is 2.45. The van der Waals surface area contributed by atoms with E-state index in [9.17, 15) is 24.0 Å². The number of likely N-dealkylation sites (tertiary alicyclic amines) is 1. The molecular weight excluding hydrogens is 793 g/mol. The summed E-state index contributed by atoms with van der Waals surface area (Å²) in [5.74, 6) is -2.06. The summed E-state index contributed by atoms with van der Waals surface area (Å²) in [7, 11) is 0. The Labute approximate surface area is 351 Å². The third-order valence-corrected chi connectivity index (χ3v) is 13.9. The number of amides is 5. The molecule has 6 aliphatic rings. The molecule has 314 valence electrons. The fraction of sp³-hybridized carbons (Fsp3) is 0.535. The molecule has 2 aromatic carbocycles. The van der Waals surface area contributed by atoms with Crippen LogP contribution in [0.2, 0.25) is 5.02 Å². The van der Waals surface area contributed by atoms with Crippen LogP contribution < -0.4 is 20.3 Å². The second kappa shape index (κ2) is 16.2. The van der Waals surface area contributed by atoms with Crippen molar-refractivity contribution in [3.05, 3.63) is 69.8 Å². The van der Waals surface area contributed by atoms with Crippen LogP contribution in [-0.4, -0.2) is 105 Å². The first-order chi connectivity index (χ1) is 29.0. The topological polar surface area (TPSA) is 183 Å². The van der Waals surface area contributed by atoms with Crippen LogP contribution in [0.4, 0.5) is 10.1 Å². The number of nitrogens with zero attached hydrogens (tertiary/aromatic N) is 7. The molecule has 2 saturated carbocycles. The number of piperidine rings is 2. The minimum atomic E-state index is -1.09. The van der Waals surface area contributed by atoms with E-state index in [-0.39, 0.29) is 53.5 Å². The van der Waals surface area contributed by atoms with Gasteiger partial charge in [0.05, 0.1) is 45.7 Å². The molecule has 1 atom stereocenters. The van der Waals surface area contributed by atoms with Crippen molar-refractivity contribution in [3.8, 4) is 11.8 Å². The van der Waals surface area contributed by atoms with Crippen LogP contribution in [-0.2, 0) is 9.59 Å². The predicted molar refractivity (Wildman–Crippen MR) is 215 cm³/mol. The van der Waals surface area contributed by atoms with E-state index in [0.717, 1.165) is 94.8 Å². The molecule has 3 aromatic rings. The number of fused-ring (bicyclic) bond motifs is 1. The molecule has 1 aromatic heterocycles. The number of nitriles is 1. The first-order valence-corrected chi connectivity index (χ1v) is 21.4. The number of halogens is 2. The van der Waals surface area contributed by atoms with Gasteiger partial charge in [0, 0.05) is 43.6 Å². The van der Waals surface area contributed by atoms with Gasteiger partial charge in [-0.25, -0.2) is 4.39 Å². The molecule has 1 spiro atoms. The number of benzene rings is 2. The Hall–Kier alpha value is -5.40. The van der Waals surface area contributed by atoms with Crippen molar-refractivity contribution in [2.75, 3.05) is 37.6 Å². The van der Waals surface area contributed by atoms with E-state index < -0.39 is 35.5 Å². The van der Waals surface area contributed by atoms with Gasteiger partial charge >= 0.3 is 0 Å². The summed E-state index contributed by atoms with van der Waals surface area (Å²) in [5, 5.41) is 23.9. The Kier molecular flexibility index (Phi) is 10.8. The Bertz CT molecular complexity index is 2260. The highest BCUT2D eigenvalue weighted by molar-refractivity contribution is 6.31. The zero-order chi connectivity index (χ0) is 41.7.